The summed E-state index contributed by atoms with van der Waals surface area (Å²) in [6.45, 7) is 1.97. The average molecular weight is 297 g/mol. The summed E-state index contributed by atoms with van der Waals surface area (Å²) in [5.41, 5.74) is 10.5. The van der Waals surface area contributed by atoms with Crippen LogP contribution >= 0.6 is 23.8 Å². The molecule has 100 valence electrons. The van der Waals surface area contributed by atoms with Crippen molar-refractivity contribution in [2.24, 2.45) is 10.8 Å². The smallest absolute Gasteiger partial charge is 0.184 e. The molecule has 0 spiro atoms. The van der Waals surface area contributed by atoms with Crippen LogP contribution in [0.5, 0.6) is 5.75 Å². The highest BCUT2D eigenvalue weighted by Gasteiger charge is 2.11. The lowest BCUT2D eigenvalue weighted by atomic mass is 10.1. The van der Waals surface area contributed by atoms with Crippen LogP contribution in [0, 0.1) is 6.92 Å². The number of aryl methyl sites for hydroxylation is 1. The number of H-pyrrole nitrogens is 1. The fourth-order valence-corrected chi connectivity index (χ4v) is 2.13. The lowest BCUT2D eigenvalue weighted by molar-refractivity contribution is 0.412. The molecule has 0 saturated carbocycles. The van der Waals surface area contributed by atoms with E-state index in [1.165, 1.54) is 0 Å². The van der Waals surface area contributed by atoms with E-state index in [2.05, 4.69) is 27.7 Å². The zero-order valence-electron chi connectivity index (χ0n) is 10.5. The SMILES string of the molecule is COc1cc2c(/C=N/NC(N)=S)c(Cl)[nH]c2cc1C. The van der Waals surface area contributed by atoms with Gasteiger partial charge in [-0.15, -0.1) is 0 Å². The summed E-state index contributed by atoms with van der Waals surface area (Å²) in [5.74, 6) is 0.792. The summed E-state index contributed by atoms with van der Waals surface area (Å²) in [6.07, 6.45) is 1.56. The van der Waals surface area contributed by atoms with Gasteiger partial charge in [0.2, 0.25) is 0 Å². The Morgan fingerprint density at radius 1 is 1.58 bits per heavy atom. The Hall–Kier alpha value is -1.79. The van der Waals surface area contributed by atoms with Crippen LogP contribution < -0.4 is 15.9 Å². The average Bonchev–Trinajstić information content (AvgIpc) is 2.63. The molecule has 5 nitrogen and oxygen atoms in total. The van der Waals surface area contributed by atoms with Crippen molar-refractivity contribution in [3.05, 3.63) is 28.4 Å². The molecule has 0 fully saturated rings. The van der Waals surface area contributed by atoms with E-state index in [0.29, 0.717) is 5.15 Å². The number of benzene rings is 1. The minimum Gasteiger partial charge on any atom is -0.496 e. The second-order valence-electron chi connectivity index (χ2n) is 3.95. The van der Waals surface area contributed by atoms with Gasteiger partial charge in [-0.1, -0.05) is 11.6 Å². The first-order chi connectivity index (χ1) is 9.02. The number of methoxy groups -OCH3 is 1. The molecule has 0 aliphatic rings. The van der Waals surface area contributed by atoms with Gasteiger partial charge in [-0.25, -0.2) is 0 Å². The minimum absolute atomic E-state index is 0.0978. The molecule has 0 aliphatic carbocycles. The number of ether oxygens (including phenoxy) is 1. The fourth-order valence-electron chi connectivity index (χ4n) is 1.82. The monoisotopic (exact) mass is 296 g/mol. The highest BCUT2D eigenvalue weighted by atomic mass is 35.5. The summed E-state index contributed by atoms with van der Waals surface area (Å²) >= 11 is 10.8. The van der Waals surface area contributed by atoms with Gasteiger partial charge in [0.05, 0.1) is 13.3 Å². The quantitative estimate of drug-likeness (QED) is 0.461. The van der Waals surface area contributed by atoms with E-state index < -0.39 is 0 Å². The number of nitrogens with one attached hydrogen (secondary N) is 2. The minimum atomic E-state index is 0.0978. The lowest BCUT2D eigenvalue weighted by Crippen LogP contribution is -2.23. The Morgan fingerprint density at radius 2 is 2.32 bits per heavy atom. The van der Waals surface area contributed by atoms with E-state index in [-0.39, 0.29) is 5.11 Å². The van der Waals surface area contributed by atoms with Crippen LogP contribution in [0.4, 0.5) is 0 Å². The summed E-state index contributed by atoms with van der Waals surface area (Å²) in [6, 6.07) is 3.88. The van der Waals surface area contributed by atoms with Crippen LogP contribution in [0.3, 0.4) is 0 Å². The van der Waals surface area contributed by atoms with Gasteiger partial charge in [0, 0.05) is 16.5 Å². The van der Waals surface area contributed by atoms with Crippen molar-refractivity contribution in [2.45, 2.75) is 6.92 Å². The second-order valence-corrected chi connectivity index (χ2v) is 4.77. The van der Waals surface area contributed by atoms with Gasteiger partial charge in [-0.2, -0.15) is 5.10 Å². The maximum absolute atomic E-state index is 6.15. The highest BCUT2D eigenvalue weighted by molar-refractivity contribution is 7.80. The van der Waals surface area contributed by atoms with E-state index in [1.807, 2.05) is 19.1 Å². The number of nitrogens with zero attached hydrogens (tertiary/aromatic N) is 1. The first kappa shape index (κ1) is 13.6. The molecule has 2 aromatic rings. The van der Waals surface area contributed by atoms with Gasteiger partial charge in [0.25, 0.3) is 0 Å². The van der Waals surface area contributed by atoms with Crippen molar-refractivity contribution in [3.8, 4) is 5.75 Å². The number of hydrogen-bond donors (Lipinski definition) is 3. The van der Waals surface area contributed by atoms with Gasteiger partial charge in [0.1, 0.15) is 10.9 Å². The Kier molecular flexibility index (Phi) is 3.92. The van der Waals surface area contributed by atoms with Gasteiger partial charge in [-0.3, -0.25) is 5.43 Å². The number of aromatic nitrogens is 1. The number of fused-ring (bicyclic) bond motifs is 1. The maximum Gasteiger partial charge on any atom is 0.184 e. The summed E-state index contributed by atoms with van der Waals surface area (Å²) in [5, 5.41) is 5.43. The number of hydrazone groups is 1. The van der Waals surface area contributed by atoms with E-state index >= 15 is 0 Å². The number of hydrogen-bond acceptors (Lipinski definition) is 3. The number of aromatic amines is 1. The van der Waals surface area contributed by atoms with Gasteiger partial charge < -0.3 is 15.5 Å². The second kappa shape index (κ2) is 5.46. The number of thiocarbonyl (C=S) groups is 1. The number of halogens is 1. The molecule has 2 rings (SSSR count). The molecule has 4 N–H and O–H groups in total. The molecule has 0 bridgehead atoms. The zero-order chi connectivity index (χ0) is 14.0. The van der Waals surface area contributed by atoms with Crippen molar-refractivity contribution in [1.82, 2.24) is 10.4 Å². The van der Waals surface area contributed by atoms with Crippen molar-refractivity contribution in [1.29, 1.82) is 0 Å². The van der Waals surface area contributed by atoms with Gasteiger partial charge >= 0.3 is 0 Å². The summed E-state index contributed by atoms with van der Waals surface area (Å²) < 4.78 is 5.30. The fraction of sp³-hybridized carbons (Fsp3) is 0.167. The lowest BCUT2D eigenvalue weighted by Gasteiger charge is -2.04. The normalized spacial score (nSPS) is 11.1. The van der Waals surface area contributed by atoms with Gasteiger partial charge in [-0.05, 0) is 36.8 Å². The molecule has 0 saturated heterocycles. The van der Waals surface area contributed by atoms with Crippen molar-refractivity contribution in [2.75, 3.05) is 7.11 Å². The van der Waals surface area contributed by atoms with Crippen LogP contribution in [-0.4, -0.2) is 23.4 Å². The molecule has 0 atom stereocenters. The first-order valence-corrected chi connectivity index (χ1v) is 6.26. The molecule has 1 aromatic heterocycles. The van der Waals surface area contributed by atoms with Crippen LogP contribution in [0.25, 0.3) is 10.9 Å². The molecule has 0 unspecified atom stereocenters. The standard InChI is InChI=1S/C12H13ClN4OS/c1-6-3-9-7(4-10(6)18-2)8(11(13)16-9)5-15-17-12(14)19/h3-5,16H,1-2H3,(H3,14,17,19)/b15-5+. The van der Waals surface area contributed by atoms with E-state index in [1.54, 1.807) is 13.3 Å². The summed E-state index contributed by atoms with van der Waals surface area (Å²) in [7, 11) is 1.63. The Balaban J connectivity index is 2.51. The van der Waals surface area contributed by atoms with E-state index in [9.17, 15) is 0 Å². The van der Waals surface area contributed by atoms with Crippen LogP contribution in [0.1, 0.15) is 11.1 Å². The van der Waals surface area contributed by atoms with Crippen molar-refractivity contribution in [3.63, 3.8) is 0 Å². The molecule has 1 heterocycles. The number of nitrogens with two attached hydrogens (primary N) is 1. The largest absolute Gasteiger partial charge is 0.496 e. The highest BCUT2D eigenvalue weighted by Crippen LogP contribution is 2.30. The topological polar surface area (TPSA) is 75.4 Å². The molecule has 1 aromatic carbocycles. The van der Waals surface area contributed by atoms with Gasteiger partial charge in [0.15, 0.2) is 5.11 Å². The molecule has 19 heavy (non-hydrogen) atoms. The Bertz CT molecular complexity index is 665. The van der Waals surface area contributed by atoms with Crippen LogP contribution in [0.2, 0.25) is 5.15 Å². The third-order valence-corrected chi connectivity index (χ3v) is 3.06. The van der Waals surface area contributed by atoms with E-state index in [0.717, 1.165) is 27.8 Å². The molecular formula is C12H13ClN4OS. The molecule has 7 heteroatoms. The third kappa shape index (κ3) is 2.80. The molecule has 0 aliphatic heterocycles. The summed E-state index contributed by atoms with van der Waals surface area (Å²) in [4.78, 5) is 3.08. The first-order valence-electron chi connectivity index (χ1n) is 5.47. The third-order valence-electron chi connectivity index (χ3n) is 2.67. The van der Waals surface area contributed by atoms with Crippen LogP contribution in [-0.2, 0) is 0 Å². The van der Waals surface area contributed by atoms with E-state index in [4.69, 9.17) is 22.1 Å². The number of rotatable bonds is 3. The molecule has 0 radical (unpaired) electrons. The molecule has 0 amide bonds. The predicted octanol–water partition coefficient (Wildman–Crippen LogP) is 2.31. The van der Waals surface area contributed by atoms with Crippen molar-refractivity contribution < 1.29 is 4.74 Å². The van der Waals surface area contributed by atoms with Crippen LogP contribution in [0.15, 0.2) is 17.2 Å². The maximum atomic E-state index is 6.15. The molecular weight excluding hydrogens is 284 g/mol. The zero-order valence-corrected chi connectivity index (χ0v) is 12.0. The Morgan fingerprint density at radius 3 is 2.95 bits per heavy atom. The Labute approximate surface area is 120 Å². The van der Waals surface area contributed by atoms with Crippen molar-refractivity contribution >= 4 is 46.0 Å². The predicted molar refractivity (Wildman–Crippen MR) is 82.1 cm³/mol.